The topological polar surface area (TPSA) is 63.3 Å². The SMILES string of the molecule is CC(CC(=O)O)C(N)c1cccc2ccccc12. The molecule has 0 aromatic heterocycles. The summed E-state index contributed by atoms with van der Waals surface area (Å²) in [5.74, 6) is -0.897. The first kappa shape index (κ1) is 12.6. The quantitative estimate of drug-likeness (QED) is 0.867. The second-order valence-electron chi connectivity index (χ2n) is 4.67. The average Bonchev–Trinajstić information content (AvgIpc) is 2.36. The van der Waals surface area contributed by atoms with Crippen LogP contribution in [-0.2, 0) is 4.79 Å². The van der Waals surface area contributed by atoms with E-state index in [2.05, 4.69) is 0 Å². The van der Waals surface area contributed by atoms with Crippen LogP contribution in [0.15, 0.2) is 42.5 Å². The van der Waals surface area contributed by atoms with Gasteiger partial charge in [-0.3, -0.25) is 4.79 Å². The van der Waals surface area contributed by atoms with Gasteiger partial charge in [-0.25, -0.2) is 0 Å². The lowest BCUT2D eigenvalue weighted by Gasteiger charge is -2.20. The standard InChI is InChI=1S/C15H17NO2/c1-10(9-14(17)18)15(16)13-8-4-6-11-5-2-3-7-12(11)13/h2-8,10,15H,9,16H2,1H3,(H,17,18). The Bertz CT molecular complexity index is 560. The second kappa shape index (κ2) is 5.19. The van der Waals surface area contributed by atoms with Crippen LogP contribution in [0.1, 0.15) is 24.9 Å². The van der Waals surface area contributed by atoms with E-state index in [4.69, 9.17) is 10.8 Å². The fourth-order valence-corrected chi connectivity index (χ4v) is 2.25. The number of carbonyl (C=O) groups is 1. The normalized spacial score (nSPS) is 14.3. The molecule has 18 heavy (non-hydrogen) atoms. The van der Waals surface area contributed by atoms with Crippen LogP contribution in [0.3, 0.4) is 0 Å². The molecule has 0 amide bonds. The molecule has 2 rings (SSSR count). The van der Waals surface area contributed by atoms with Crippen LogP contribution < -0.4 is 5.73 Å². The zero-order valence-electron chi connectivity index (χ0n) is 10.3. The minimum atomic E-state index is -0.807. The predicted octanol–water partition coefficient (Wildman–Crippen LogP) is 2.95. The fraction of sp³-hybridized carbons (Fsp3) is 0.267. The average molecular weight is 243 g/mol. The molecular formula is C15H17NO2. The Labute approximate surface area is 106 Å². The highest BCUT2D eigenvalue weighted by Crippen LogP contribution is 2.28. The van der Waals surface area contributed by atoms with E-state index < -0.39 is 5.97 Å². The molecule has 2 aromatic rings. The highest BCUT2D eigenvalue weighted by Gasteiger charge is 2.19. The Morgan fingerprint density at radius 1 is 1.22 bits per heavy atom. The van der Waals surface area contributed by atoms with Crippen molar-refractivity contribution in [3.05, 3.63) is 48.0 Å². The van der Waals surface area contributed by atoms with Crippen molar-refractivity contribution in [2.24, 2.45) is 11.7 Å². The number of rotatable bonds is 4. The molecule has 3 N–H and O–H groups in total. The third-order valence-corrected chi connectivity index (χ3v) is 3.29. The van der Waals surface area contributed by atoms with Gasteiger partial charge < -0.3 is 10.8 Å². The van der Waals surface area contributed by atoms with E-state index in [-0.39, 0.29) is 18.4 Å². The Morgan fingerprint density at radius 2 is 1.89 bits per heavy atom. The van der Waals surface area contributed by atoms with Gasteiger partial charge in [0.1, 0.15) is 0 Å². The number of nitrogens with two attached hydrogens (primary N) is 1. The van der Waals surface area contributed by atoms with Gasteiger partial charge in [0.25, 0.3) is 0 Å². The molecule has 0 bridgehead atoms. The van der Waals surface area contributed by atoms with E-state index in [0.717, 1.165) is 16.3 Å². The monoisotopic (exact) mass is 243 g/mol. The maximum absolute atomic E-state index is 10.8. The van der Waals surface area contributed by atoms with Gasteiger partial charge in [0.05, 0.1) is 0 Å². The third-order valence-electron chi connectivity index (χ3n) is 3.29. The Balaban J connectivity index is 2.38. The van der Waals surface area contributed by atoms with Gasteiger partial charge in [-0.05, 0) is 22.3 Å². The van der Waals surface area contributed by atoms with E-state index in [0.29, 0.717) is 0 Å². The van der Waals surface area contributed by atoms with E-state index >= 15 is 0 Å². The summed E-state index contributed by atoms with van der Waals surface area (Å²) >= 11 is 0. The van der Waals surface area contributed by atoms with Crippen molar-refractivity contribution in [3.63, 3.8) is 0 Å². The van der Waals surface area contributed by atoms with Crippen molar-refractivity contribution in [2.45, 2.75) is 19.4 Å². The molecule has 0 spiro atoms. The van der Waals surface area contributed by atoms with Crippen molar-refractivity contribution in [1.82, 2.24) is 0 Å². The van der Waals surface area contributed by atoms with Crippen LogP contribution in [0, 0.1) is 5.92 Å². The van der Waals surface area contributed by atoms with Crippen molar-refractivity contribution in [3.8, 4) is 0 Å². The first-order chi connectivity index (χ1) is 8.59. The smallest absolute Gasteiger partial charge is 0.303 e. The van der Waals surface area contributed by atoms with E-state index in [1.54, 1.807) is 0 Å². The number of aliphatic carboxylic acids is 1. The first-order valence-electron chi connectivity index (χ1n) is 6.04. The summed E-state index contributed by atoms with van der Waals surface area (Å²) in [5, 5.41) is 11.1. The van der Waals surface area contributed by atoms with Gasteiger partial charge in [0.15, 0.2) is 0 Å². The highest BCUT2D eigenvalue weighted by atomic mass is 16.4. The summed E-state index contributed by atoms with van der Waals surface area (Å²) in [6.07, 6.45) is 0.0877. The summed E-state index contributed by atoms with van der Waals surface area (Å²) in [4.78, 5) is 10.8. The van der Waals surface area contributed by atoms with Gasteiger partial charge >= 0.3 is 5.97 Å². The molecule has 0 saturated carbocycles. The molecule has 0 heterocycles. The maximum atomic E-state index is 10.8. The molecule has 0 aliphatic rings. The molecular weight excluding hydrogens is 226 g/mol. The Kier molecular flexibility index (Phi) is 3.63. The molecule has 2 unspecified atom stereocenters. The zero-order valence-corrected chi connectivity index (χ0v) is 10.3. The summed E-state index contributed by atoms with van der Waals surface area (Å²) in [6, 6.07) is 13.7. The first-order valence-corrected chi connectivity index (χ1v) is 6.04. The van der Waals surface area contributed by atoms with Crippen LogP contribution in [0.2, 0.25) is 0 Å². The molecule has 94 valence electrons. The van der Waals surface area contributed by atoms with Crippen molar-refractivity contribution in [1.29, 1.82) is 0 Å². The fourth-order valence-electron chi connectivity index (χ4n) is 2.25. The van der Waals surface area contributed by atoms with Crippen LogP contribution in [0.25, 0.3) is 10.8 Å². The van der Waals surface area contributed by atoms with Gasteiger partial charge in [0, 0.05) is 12.5 Å². The lowest BCUT2D eigenvalue weighted by molar-refractivity contribution is -0.138. The summed E-state index contributed by atoms with van der Waals surface area (Å²) < 4.78 is 0. The molecule has 2 aromatic carbocycles. The maximum Gasteiger partial charge on any atom is 0.303 e. The second-order valence-corrected chi connectivity index (χ2v) is 4.67. The van der Waals surface area contributed by atoms with E-state index in [1.165, 1.54) is 0 Å². The van der Waals surface area contributed by atoms with Gasteiger partial charge in [-0.15, -0.1) is 0 Å². The van der Waals surface area contributed by atoms with Gasteiger partial charge in [0.2, 0.25) is 0 Å². The van der Waals surface area contributed by atoms with Crippen molar-refractivity contribution < 1.29 is 9.90 Å². The number of carboxylic acids is 1. The molecule has 0 saturated heterocycles. The number of hydrogen-bond acceptors (Lipinski definition) is 2. The number of fused-ring (bicyclic) bond motifs is 1. The number of benzene rings is 2. The van der Waals surface area contributed by atoms with E-state index in [1.807, 2.05) is 49.4 Å². The van der Waals surface area contributed by atoms with Crippen LogP contribution in [0.4, 0.5) is 0 Å². The van der Waals surface area contributed by atoms with Gasteiger partial charge in [-0.2, -0.15) is 0 Å². The molecule has 0 fully saturated rings. The number of hydrogen-bond donors (Lipinski definition) is 2. The van der Waals surface area contributed by atoms with Crippen molar-refractivity contribution >= 4 is 16.7 Å². The van der Waals surface area contributed by atoms with Crippen LogP contribution >= 0.6 is 0 Å². The summed E-state index contributed by atoms with van der Waals surface area (Å²) in [6.45, 7) is 1.88. The Morgan fingerprint density at radius 3 is 2.61 bits per heavy atom. The van der Waals surface area contributed by atoms with E-state index in [9.17, 15) is 4.79 Å². The minimum absolute atomic E-state index is 0.0877. The van der Waals surface area contributed by atoms with Crippen LogP contribution in [-0.4, -0.2) is 11.1 Å². The molecule has 0 aliphatic heterocycles. The molecule has 0 radical (unpaired) electrons. The molecule has 0 aliphatic carbocycles. The number of carboxylic acid groups (broad SMARTS) is 1. The summed E-state index contributed by atoms with van der Waals surface area (Å²) in [7, 11) is 0. The zero-order chi connectivity index (χ0) is 13.1. The lowest BCUT2D eigenvalue weighted by Crippen LogP contribution is -2.21. The van der Waals surface area contributed by atoms with Crippen LogP contribution in [0.5, 0.6) is 0 Å². The molecule has 3 heteroatoms. The Hall–Kier alpha value is -1.87. The molecule has 2 atom stereocenters. The minimum Gasteiger partial charge on any atom is -0.481 e. The molecule has 3 nitrogen and oxygen atoms in total. The van der Waals surface area contributed by atoms with Crippen molar-refractivity contribution in [2.75, 3.05) is 0 Å². The largest absolute Gasteiger partial charge is 0.481 e. The lowest BCUT2D eigenvalue weighted by atomic mass is 9.89. The highest BCUT2D eigenvalue weighted by molar-refractivity contribution is 5.86. The summed E-state index contributed by atoms with van der Waals surface area (Å²) in [5.41, 5.74) is 7.21. The van der Waals surface area contributed by atoms with Gasteiger partial charge in [-0.1, -0.05) is 49.4 Å². The predicted molar refractivity (Wildman–Crippen MR) is 72.3 cm³/mol. The third kappa shape index (κ3) is 2.51.